The Morgan fingerprint density at radius 3 is 2.67 bits per heavy atom. The van der Waals surface area contributed by atoms with E-state index in [1.165, 1.54) is 0 Å². The van der Waals surface area contributed by atoms with Crippen LogP contribution in [0.2, 0.25) is 0 Å². The minimum Gasteiger partial charge on any atom is -0.382 e. The lowest BCUT2D eigenvalue weighted by Crippen LogP contribution is -2.44. The predicted octanol–water partition coefficient (Wildman–Crippen LogP) is 1.50. The molecule has 0 spiro atoms. The Kier molecular flexibility index (Phi) is 3.82. The second-order valence-corrected chi connectivity index (χ2v) is 5.65. The van der Waals surface area contributed by atoms with Crippen molar-refractivity contribution in [3.63, 3.8) is 0 Å². The van der Waals surface area contributed by atoms with Crippen LogP contribution in [-0.4, -0.2) is 36.0 Å². The Balaban J connectivity index is 2.09. The number of aromatic nitrogens is 2. The summed E-state index contributed by atoms with van der Waals surface area (Å²) in [4.78, 5) is 2.10. The van der Waals surface area contributed by atoms with Crippen LogP contribution < -0.4 is 16.0 Å². The van der Waals surface area contributed by atoms with E-state index in [0.717, 1.165) is 36.3 Å². The van der Waals surface area contributed by atoms with E-state index in [4.69, 9.17) is 5.73 Å². The zero-order valence-corrected chi connectivity index (χ0v) is 13.0. The molecule has 2 heterocycles. The van der Waals surface area contributed by atoms with Crippen molar-refractivity contribution in [2.24, 2.45) is 0 Å². The van der Waals surface area contributed by atoms with E-state index >= 15 is 0 Å². The number of nitrogens with one attached hydrogen (secondary N) is 1. The number of halogens is 1. The molecule has 0 saturated carbocycles. The molecule has 6 nitrogen and oxygen atoms in total. The van der Waals surface area contributed by atoms with Gasteiger partial charge in [0, 0.05) is 30.7 Å². The van der Waals surface area contributed by atoms with Gasteiger partial charge in [-0.3, -0.25) is 0 Å². The molecule has 1 saturated heterocycles. The van der Waals surface area contributed by atoms with Gasteiger partial charge in [-0.25, -0.2) is 4.68 Å². The van der Waals surface area contributed by atoms with Gasteiger partial charge in [0.15, 0.2) is 5.82 Å². The molecule has 0 amide bonds. The van der Waals surface area contributed by atoms with E-state index in [-0.39, 0.29) is 0 Å². The van der Waals surface area contributed by atoms with Gasteiger partial charge in [0.25, 0.3) is 0 Å². The largest absolute Gasteiger partial charge is 0.382 e. The predicted molar refractivity (Wildman–Crippen MR) is 85.5 cm³/mol. The molecular weight excluding hydrogens is 332 g/mol. The molecule has 0 radical (unpaired) electrons. The summed E-state index contributed by atoms with van der Waals surface area (Å²) in [5, 5.41) is 17.3. The normalized spacial score (nSPS) is 15.0. The van der Waals surface area contributed by atoms with E-state index in [2.05, 4.69) is 37.3 Å². The summed E-state index contributed by atoms with van der Waals surface area (Å²) in [6.07, 6.45) is 0. The van der Waals surface area contributed by atoms with E-state index < -0.39 is 0 Å². The molecule has 108 valence electrons. The van der Waals surface area contributed by atoms with Gasteiger partial charge in [0.2, 0.25) is 0 Å². The number of anilines is 2. The first kappa shape index (κ1) is 13.9. The number of nitrogens with zero attached hydrogens (tertiary/aromatic N) is 4. The van der Waals surface area contributed by atoms with Gasteiger partial charge in [-0.1, -0.05) is 12.1 Å². The quantitative estimate of drug-likeness (QED) is 0.860. The number of nitrogen functional groups attached to an aromatic ring is 1. The molecule has 0 bridgehead atoms. The van der Waals surface area contributed by atoms with Crippen LogP contribution in [0.15, 0.2) is 28.7 Å². The lowest BCUT2D eigenvalue weighted by Gasteiger charge is -2.27. The molecule has 1 aliphatic rings. The molecule has 0 atom stereocenters. The van der Waals surface area contributed by atoms with Gasteiger partial charge < -0.3 is 16.0 Å². The van der Waals surface area contributed by atoms with Gasteiger partial charge in [-0.05, 0) is 28.1 Å². The Bertz CT molecular complexity index is 696. The van der Waals surface area contributed by atoms with Crippen molar-refractivity contribution in [1.29, 1.82) is 5.26 Å². The highest BCUT2D eigenvalue weighted by atomic mass is 79.9. The zero-order valence-electron chi connectivity index (χ0n) is 11.4. The van der Waals surface area contributed by atoms with Crippen LogP contribution in [0.5, 0.6) is 0 Å². The van der Waals surface area contributed by atoms with Crippen LogP contribution in [0, 0.1) is 11.3 Å². The van der Waals surface area contributed by atoms with Crippen molar-refractivity contribution >= 4 is 27.6 Å². The van der Waals surface area contributed by atoms with E-state index in [1.54, 1.807) is 4.68 Å². The first-order chi connectivity index (χ1) is 10.2. The third-order valence-electron chi connectivity index (χ3n) is 3.51. The van der Waals surface area contributed by atoms with E-state index in [1.807, 2.05) is 24.3 Å². The van der Waals surface area contributed by atoms with Gasteiger partial charge in [-0.15, -0.1) is 5.10 Å². The monoisotopic (exact) mass is 346 g/mol. The standard InChI is InChI=1S/C14H15BrN6/c15-11-3-1-2-4-12(11)21-13(17)10(9-16)14(19-21)20-7-5-18-6-8-20/h1-4,18H,5-8,17H2. The second-order valence-electron chi connectivity index (χ2n) is 4.80. The van der Waals surface area contributed by atoms with Crippen LogP contribution >= 0.6 is 15.9 Å². The Morgan fingerprint density at radius 1 is 1.29 bits per heavy atom. The Morgan fingerprint density at radius 2 is 2.00 bits per heavy atom. The van der Waals surface area contributed by atoms with Crippen LogP contribution in [0.25, 0.3) is 5.69 Å². The van der Waals surface area contributed by atoms with Gasteiger partial charge in [-0.2, -0.15) is 5.26 Å². The first-order valence-corrected chi connectivity index (χ1v) is 7.51. The topological polar surface area (TPSA) is 82.9 Å². The fourth-order valence-electron chi connectivity index (χ4n) is 2.43. The third-order valence-corrected chi connectivity index (χ3v) is 4.18. The van der Waals surface area contributed by atoms with Crippen molar-refractivity contribution in [1.82, 2.24) is 15.1 Å². The number of hydrogen-bond donors (Lipinski definition) is 2. The van der Waals surface area contributed by atoms with Crippen LogP contribution in [0.1, 0.15) is 5.56 Å². The summed E-state index contributed by atoms with van der Waals surface area (Å²) in [7, 11) is 0. The van der Waals surface area contributed by atoms with E-state index in [0.29, 0.717) is 17.2 Å². The molecule has 1 aliphatic heterocycles. The third kappa shape index (κ3) is 2.48. The van der Waals surface area contributed by atoms with E-state index in [9.17, 15) is 5.26 Å². The maximum atomic E-state index is 9.42. The summed E-state index contributed by atoms with van der Waals surface area (Å²) in [5.41, 5.74) is 7.40. The van der Waals surface area contributed by atoms with Crippen LogP contribution in [0.3, 0.4) is 0 Å². The summed E-state index contributed by atoms with van der Waals surface area (Å²) in [5.74, 6) is 1.03. The fourth-order valence-corrected chi connectivity index (χ4v) is 2.88. The smallest absolute Gasteiger partial charge is 0.171 e. The molecule has 2 aromatic rings. The lowest BCUT2D eigenvalue weighted by atomic mass is 10.2. The number of nitriles is 1. The highest BCUT2D eigenvalue weighted by Crippen LogP contribution is 2.30. The Labute approximate surface area is 131 Å². The van der Waals surface area contributed by atoms with Crippen molar-refractivity contribution < 1.29 is 0 Å². The minimum atomic E-state index is 0.373. The molecule has 0 unspecified atom stereocenters. The average molecular weight is 347 g/mol. The highest BCUT2D eigenvalue weighted by molar-refractivity contribution is 9.10. The summed E-state index contributed by atoms with van der Waals surface area (Å²) in [6, 6.07) is 9.86. The fraction of sp³-hybridized carbons (Fsp3) is 0.286. The molecular formula is C14H15BrN6. The average Bonchev–Trinajstić information content (AvgIpc) is 2.85. The van der Waals surface area contributed by atoms with Gasteiger partial charge in [0.1, 0.15) is 17.5 Å². The number of para-hydroxylation sites is 1. The van der Waals surface area contributed by atoms with Crippen LogP contribution in [-0.2, 0) is 0 Å². The minimum absolute atomic E-state index is 0.373. The van der Waals surface area contributed by atoms with Crippen molar-refractivity contribution in [2.75, 3.05) is 36.8 Å². The molecule has 1 aromatic carbocycles. The van der Waals surface area contributed by atoms with Gasteiger partial charge >= 0.3 is 0 Å². The summed E-state index contributed by atoms with van der Waals surface area (Å²) in [6.45, 7) is 3.40. The number of nitrogens with two attached hydrogens (primary N) is 1. The number of piperazine rings is 1. The SMILES string of the molecule is N#Cc1c(N2CCNCC2)nn(-c2ccccc2Br)c1N. The number of benzene rings is 1. The van der Waals surface area contributed by atoms with Crippen molar-refractivity contribution in [3.8, 4) is 11.8 Å². The first-order valence-electron chi connectivity index (χ1n) is 6.71. The van der Waals surface area contributed by atoms with Crippen molar-refractivity contribution in [2.45, 2.75) is 0 Å². The van der Waals surface area contributed by atoms with Gasteiger partial charge in [0.05, 0.1) is 5.69 Å². The molecule has 3 rings (SSSR count). The Hall–Kier alpha value is -2.04. The maximum Gasteiger partial charge on any atom is 0.171 e. The zero-order chi connectivity index (χ0) is 14.8. The number of hydrogen-bond acceptors (Lipinski definition) is 5. The molecule has 1 fully saturated rings. The van der Waals surface area contributed by atoms with Crippen molar-refractivity contribution in [3.05, 3.63) is 34.3 Å². The molecule has 1 aromatic heterocycles. The summed E-state index contributed by atoms with van der Waals surface area (Å²) >= 11 is 3.50. The highest BCUT2D eigenvalue weighted by Gasteiger charge is 2.23. The summed E-state index contributed by atoms with van der Waals surface area (Å²) < 4.78 is 2.51. The molecule has 0 aliphatic carbocycles. The molecule has 3 N–H and O–H groups in total. The molecule has 21 heavy (non-hydrogen) atoms. The number of rotatable bonds is 2. The lowest BCUT2D eigenvalue weighted by molar-refractivity contribution is 0.582. The maximum absolute atomic E-state index is 9.42. The van der Waals surface area contributed by atoms with Crippen LogP contribution in [0.4, 0.5) is 11.6 Å². The second kappa shape index (κ2) is 5.76. The molecule has 7 heteroatoms.